The lowest BCUT2D eigenvalue weighted by Gasteiger charge is -2.10. The molecule has 0 aliphatic carbocycles. The summed E-state index contributed by atoms with van der Waals surface area (Å²) in [4.78, 5) is 12.0. The van der Waals surface area contributed by atoms with Crippen LogP contribution < -0.4 is 14.8 Å². The largest absolute Gasteiger partial charge is 0.493 e. The third-order valence-corrected chi connectivity index (χ3v) is 3.71. The number of benzene rings is 2. The van der Waals surface area contributed by atoms with Gasteiger partial charge in [-0.1, -0.05) is 32.0 Å². The van der Waals surface area contributed by atoms with Gasteiger partial charge in [-0.2, -0.15) is 0 Å². The Morgan fingerprint density at radius 3 is 2.48 bits per heavy atom. The molecule has 2 rings (SSSR count). The number of carbonyl (C=O) groups is 1. The smallest absolute Gasteiger partial charge is 0.248 e. The maximum Gasteiger partial charge on any atom is 0.248 e. The molecular weight excluding hydrogens is 314 g/mol. The Hall–Kier alpha value is -2.75. The molecule has 0 radical (unpaired) electrons. The number of nitrogens with one attached hydrogen (secondary N) is 1. The van der Waals surface area contributed by atoms with Gasteiger partial charge in [-0.25, -0.2) is 0 Å². The van der Waals surface area contributed by atoms with Crippen LogP contribution in [0.2, 0.25) is 0 Å². The average Bonchev–Trinajstić information content (AvgIpc) is 2.65. The molecule has 0 atom stereocenters. The van der Waals surface area contributed by atoms with E-state index in [0.29, 0.717) is 18.1 Å². The van der Waals surface area contributed by atoms with Crippen molar-refractivity contribution in [2.75, 3.05) is 19.0 Å². The zero-order valence-corrected chi connectivity index (χ0v) is 15.0. The molecule has 0 bridgehead atoms. The van der Waals surface area contributed by atoms with Crippen LogP contribution in [0.3, 0.4) is 0 Å². The van der Waals surface area contributed by atoms with Gasteiger partial charge in [0.15, 0.2) is 11.5 Å². The first-order valence-electron chi connectivity index (χ1n) is 8.55. The third-order valence-electron chi connectivity index (χ3n) is 3.71. The van der Waals surface area contributed by atoms with E-state index >= 15 is 0 Å². The molecular formula is C21H25NO3. The van der Waals surface area contributed by atoms with E-state index in [9.17, 15) is 4.79 Å². The summed E-state index contributed by atoms with van der Waals surface area (Å²) in [6.45, 7) is 4.80. The van der Waals surface area contributed by atoms with Gasteiger partial charge in [0.2, 0.25) is 5.91 Å². The number of rotatable bonds is 8. The average molecular weight is 339 g/mol. The summed E-state index contributed by atoms with van der Waals surface area (Å²) < 4.78 is 11.0. The van der Waals surface area contributed by atoms with Gasteiger partial charge in [-0.3, -0.25) is 4.79 Å². The van der Waals surface area contributed by atoms with E-state index < -0.39 is 0 Å². The van der Waals surface area contributed by atoms with Gasteiger partial charge < -0.3 is 14.8 Å². The van der Waals surface area contributed by atoms with Crippen molar-refractivity contribution in [3.63, 3.8) is 0 Å². The molecule has 0 saturated carbocycles. The Bertz CT molecular complexity index is 720. The lowest BCUT2D eigenvalue weighted by atomic mass is 10.1. The van der Waals surface area contributed by atoms with Gasteiger partial charge in [0, 0.05) is 11.8 Å². The van der Waals surface area contributed by atoms with Crippen molar-refractivity contribution in [2.24, 2.45) is 0 Å². The second-order valence-electron chi connectivity index (χ2n) is 5.63. The predicted molar refractivity (Wildman–Crippen MR) is 102 cm³/mol. The van der Waals surface area contributed by atoms with Crippen LogP contribution in [-0.2, 0) is 11.2 Å². The summed E-state index contributed by atoms with van der Waals surface area (Å²) in [7, 11) is 1.61. The molecule has 2 aromatic rings. The quantitative estimate of drug-likeness (QED) is 0.709. The van der Waals surface area contributed by atoms with Crippen LogP contribution in [0, 0.1) is 0 Å². The number of hydrogen-bond donors (Lipinski definition) is 1. The number of aryl methyl sites for hydroxylation is 1. The maximum absolute atomic E-state index is 12.0. The zero-order valence-electron chi connectivity index (χ0n) is 15.0. The molecule has 1 N–H and O–H groups in total. The molecule has 0 spiro atoms. The number of ether oxygens (including phenoxy) is 2. The lowest BCUT2D eigenvalue weighted by Crippen LogP contribution is -2.07. The molecule has 0 unspecified atom stereocenters. The highest BCUT2D eigenvalue weighted by Crippen LogP contribution is 2.28. The number of carbonyl (C=O) groups excluding carboxylic acids is 1. The molecule has 0 heterocycles. The fourth-order valence-electron chi connectivity index (χ4n) is 2.30. The van der Waals surface area contributed by atoms with E-state index in [-0.39, 0.29) is 5.91 Å². The second kappa shape index (κ2) is 9.52. The molecule has 0 aromatic heterocycles. The highest BCUT2D eigenvalue weighted by Gasteiger charge is 2.05. The lowest BCUT2D eigenvalue weighted by molar-refractivity contribution is -0.111. The molecule has 0 aliphatic rings. The van der Waals surface area contributed by atoms with Gasteiger partial charge in [0.25, 0.3) is 0 Å². The summed E-state index contributed by atoms with van der Waals surface area (Å²) in [5, 5.41) is 2.85. The molecule has 4 heteroatoms. The van der Waals surface area contributed by atoms with Crippen molar-refractivity contribution >= 4 is 17.7 Å². The van der Waals surface area contributed by atoms with Crippen molar-refractivity contribution in [1.29, 1.82) is 0 Å². The summed E-state index contributed by atoms with van der Waals surface area (Å²) >= 11 is 0. The van der Waals surface area contributed by atoms with Crippen molar-refractivity contribution in [2.45, 2.75) is 26.7 Å². The first-order valence-corrected chi connectivity index (χ1v) is 8.55. The van der Waals surface area contributed by atoms with E-state index in [2.05, 4.69) is 19.2 Å². The molecule has 4 nitrogen and oxygen atoms in total. The first kappa shape index (κ1) is 18.6. The number of anilines is 1. The van der Waals surface area contributed by atoms with E-state index in [1.807, 2.05) is 42.5 Å². The minimum atomic E-state index is -0.172. The van der Waals surface area contributed by atoms with Gasteiger partial charge >= 0.3 is 0 Å². The SMILES string of the molecule is CCCOc1ccc(/C=C/C(=O)Nc2ccc(CC)cc2)cc1OC. The van der Waals surface area contributed by atoms with E-state index in [1.54, 1.807) is 13.2 Å². The van der Waals surface area contributed by atoms with Crippen molar-refractivity contribution in [1.82, 2.24) is 0 Å². The van der Waals surface area contributed by atoms with Crippen molar-refractivity contribution < 1.29 is 14.3 Å². The van der Waals surface area contributed by atoms with Crippen LogP contribution in [0.25, 0.3) is 6.08 Å². The molecule has 0 fully saturated rings. The van der Waals surface area contributed by atoms with Crippen LogP contribution in [0.15, 0.2) is 48.5 Å². The monoisotopic (exact) mass is 339 g/mol. The van der Waals surface area contributed by atoms with E-state index in [0.717, 1.165) is 24.1 Å². The molecule has 132 valence electrons. The second-order valence-corrected chi connectivity index (χ2v) is 5.63. The van der Waals surface area contributed by atoms with Gasteiger partial charge in [-0.05, 0) is 54.3 Å². The van der Waals surface area contributed by atoms with Crippen LogP contribution in [0.4, 0.5) is 5.69 Å². The van der Waals surface area contributed by atoms with Crippen LogP contribution in [0.1, 0.15) is 31.4 Å². The highest BCUT2D eigenvalue weighted by molar-refractivity contribution is 6.01. The fourth-order valence-corrected chi connectivity index (χ4v) is 2.30. The highest BCUT2D eigenvalue weighted by atomic mass is 16.5. The Morgan fingerprint density at radius 2 is 1.84 bits per heavy atom. The molecule has 0 aliphatic heterocycles. The summed E-state index contributed by atoms with van der Waals surface area (Å²) in [5.41, 5.74) is 2.90. The normalized spacial score (nSPS) is 10.7. The summed E-state index contributed by atoms with van der Waals surface area (Å²) in [6, 6.07) is 13.5. The van der Waals surface area contributed by atoms with Crippen LogP contribution in [-0.4, -0.2) is 19.6 Å². The molecule has 1 amide bonds. The van der Waals surface area contributed by atoms with Gasteiger partial charge in [0.1, 0.15) is 0 Å². The summed E-state index contributed by atoms with van der Waals surface area (Å²) in [6.07, 6.45) is 5.18. The fraction of sp³-hybridized carbons (Fsp3) is 0.286. The Morgan fingerprint density at radius 1 is 1.08 bits per heavy atom. The summed E-state index contributed by atoms with van der Waals surface area (Å²) in [5.74, 6) is 1.20. The van der Waals surface area contributed by atoms with E-state index in [4.69, 9.17) is 9.47 Å². The number of hydrogen-bond acceptors (Lipinski definition) is 3. The van der Waals surface area contributed by atoms with Gasteiger partial charge in [-0.15, -0.1) is 0 Å². The van der Waals surface area contributed by atoms with Crippen LogP contribution in [0.5, 0.6) is 11.5 Å². The predicted octanol–water partition coefficient (Wildman–Crippen LogP) is 4.70. The van der Waals surface area contributed by atoms with Gasteiger partial charge in [0.05, 0.1) is 13.7 Å². The van der Waals surface area contributed by atoms with E-state index in [1.165, 1.54) is 11.6 Å². The Kier molecular flexibility index (Phi) is 7.08. The number of methoxy groups -OCH3 is 1. The van der Waals surface area contributed by atoms with Crippen molar-refractivity contribution in [3.8, 4) is 11.5 Å². The zero-order chi connectivity index (χ0) is 18.1. The standard InChI is InChI=1S/C21H25NO3/c1-4-14-25-19-12-8-17(15-20(19)24-3)9-13-21(23)22-18-10-6-16(5-2)7-11-18/h6-13,15H,4-5,14H2,1-3H3,(H,22,23)/b13-9+. The minimum absolute atomic E-state index is 0.172. The molecule has 25 heavy (non-hydrogen) atoms. The minimum Gasteiger partial charge on any atom is -0.493 e. The topological polar surface area (TPSA) is 47.6 Å². The molecule has 2 aromatic carbocycles. The number of amides is 1. The first-order chi connectivity index (χ1) is 12.2. The van der Waals surface area contributed by atoms with Crippen LogP contribution >= 0.6 is 0 Å². The molecule has 0 saturated heterocycles. The Balaban J connectivity index is 2.00. The third kappa shape index (κ3) is 5.68. The van der Waals surface area contributed by atoms with Crippen molar-refractivity contribution in [3.05, 3.63) is 59.7 Å². The Labute approximate surface area is 149 Å². The maximum atomic E-state index is 12.0.